The minimum absolute atomic E-state index is 0.369. The smallest absolute Gasteiger partial charge is 0.166 e. The Kier molecular flexibility index (Phi) is 4.22. The van der Waals surface area contributed by atoms with Crippen LogP contribution in [0.4, 0.5) is 5.82 Å². The van der Waals surface area contributed by atoms with Gasteiger partial charge in [0.05, 0.1) is 12.9 Å². The van der Waals surface area contributed by atoms with Crippen LogP contribution < -0.4 is 5.73 Å². The van der Waals surface area contributed by atoms with Gasteiger partial charge in [-0.1, -0.05) is 30.3 Å². The van der Waals surface area contributed by atoms with Gasteiger partial charge < -0.3 is 10.3 Å². The van der Waals surface area contributed by atoms with E-state index in [1.807, 2.05) is 34.9 Å². The van der Waals surface area contributed by atoms with Crippen LogP contribution in [-0.2, 0) is 6.54 Å². The maximum atomic E-state index is 6.01. The zero-order valence-electron chi connectivity index (χ0n) is 12.9. The van der Waals surface area contributed by atoms with Gasteiger partial charge in [0.25, 0.3) is 0 Å². The molecule has 0 aliphatic carbocycles. The lowest BCUT2D eigenvalue weighted by atomic mass is 10.2. The summed E-state index contributed by atoms with van der Waals surface area (Å²) in [5.74, 6) is 1.70. The van der Waals surface area contributed by atoms with E-state index in [0.717, 1.165) is 20.1 Å². The molecule has 0 bridgehead atoms. The van der Waals surface area contributed by atoms with Gasteiger partial charge in [-0.3, -0.25) is 4.98 Å². The molecule has 25 heavy (non-hydrogen) atoms. The summed E-state index contributed by atoms with van der Waals surface area (Å²) in [6.07, 6.45) is 5.20. The standard InChI is InChI=1S/C17H12Br2N6/c18-12-6-21-7-13(19)11(12)8-25-9-22-15(20)14-17(25)24-16(23-14)10-4-2-1-3-5-10/h1-7,9H,8,20H2. The Bertz CT molecular complexity index is 995. The molecule has 0 amide bonds. The summed E-state index contributed by atoms with van der Waals surface area (Å²) in [5.41, 5.74) is 8.59. The topological polar surface area (TPSA) is 82.5 Å². The van der Waals surface area contributed by atoms with Gasteiger partial charge in [-0.05, 0) is 31.9 Å². The third-order valence-electron chi connectivity index (χ3n) is 3.80. The number of nitrogens with zero attached hydrogens (tertiary/aromatic N) is 5. The maximum Gasteiger partial charge on any atom is 0.166 e. The van der Waals surface area contributed by atoms with E-state index in [2.05, 4.69) is 51.8 Å². The summed E-state index contributed by atoms with van der Waals surface area (Å²) in [6, 6.07) is 9.81. The van der Waals surface area contributed by atoms with Crippen LogP contribution in [0.3, 0.4) is 0 Å². The van der Waals surface area contributed by atoms with Crippen molar-refractivity contribution in [3.63, 3.8) is 0 Å². The van der Waals surface area contributed by atoms with E-state index in [0.29, 0.717) is 29.7 Å². The molecule has 0 unspecified atom stereocenters. The molecule has 6 nitrogen and oxygen atoms in total. The summed E-state index contributed by atoms with van der Waals surface area (Å²) in [6.45, 7) is 0.556. The van der Waals surface area contributed by atoms with E-state index in [9.17, 15) is 0 Å². The second kappa shape index (κ2) is 6.53. The van der Waals surface area contributed by atoms with Crippen LogP contribution in [0.5, 0.6) is 0 Å². The highest BCUT2D eigenvalue weighted by Crippen LogP contribution is 2.30. The molecule has 124 valence electrons. The van der Waals surface area contributed by atoms with E-state index in [4.69, 9.17) is 5.73 Å². The predicted molar refractivity (Wildman–Crippen MR) is 103 cm³/mol. The molecule has 0 atom stereocenters. The van der Waals surface area contributed by atoms with Crippen LogP contribution in [0.15, 0.2) is 58.0 Å². The summed E-state index contributed by atoms with van der Waals surface area (Å²) in [7, 11) is 0. The Balaban J connectivity index is 1.83. The molecule has 0 saturated heterocycles. The Morgan fingerprint density at radius 2 is 1.72 bits per heavy atom. The van der Waals surface area contributed by atoms with Gasteiger partial charge >= 0.3 is 0 Å². The number of nitrogens with two attached hydrogens (primary N) is 1. The largest absolute Gasteiger partial charge is 0.382 e. The molecule has 1 aromatic carbocycles. The number of nitrogen functional groups attached to an aromatic ring is 1. The highest BCUT2D eigenvalue weighted by atomic mass is 79.9. The van der Waals surface area contributed by atoms with Gasteiger partial charge in [-0.25, -0.2) is 15.0 Å². The number of imidazole rings is 1. The van der Waals surface area contributed by atoms with Gasteiger partial charge in [-0.15, -0.1) is 0 Å². The highest BCUT2D eigenvalue weighted by molar-refractivity contribution is 9.11. The average Bonchev–Trinajstić information content (AvgIpc) is 3.07. The van der Waals surface area contributed by atoms with Crippen molar-refractivity contribution in [2.45, 2.75) is 6.54 Å². The number of hydrogen-bond acceptors (Lipinski definition) is 5. The van der Waals surface area contributed by atoms with Gasteiger partial charge in [0.2, 0.25) is 0 Å². The predicted octanol–water partition coefficient (Wildman–Crippen LogP) is 4.00. The summed E-state index contributed by atoms with van der Waals surface area (Å²) in [4.78, 5) is 17.7. The summed E-state index contributed by atoms with van der Waals surface area (Å²) < 4.78 is 3.74. The first-order valence-electron chi connectivity index (χ1n) is 7.45. The number of fused-ring (bicyclic) bond motifs is 1. The minimum Gasteiger partial charge on any atom is -0.382 e. The van der Waals surface area contributed by atoms with Crippen molar-refractivity contribution < 1.29 is 0 Å². The molecule has 2 aromatic rings. The Labute approximate surface area is 160 Å². The third-order valence-corrected chi connectivity index (χ3v) is 5.17. The Morgan fingerprint density at radius 3 is 2.44 bits per heavy atom. The summed E-state index contributed by atoms with van der Waals surface area (Å²) in [5, 5.41) is 0. The number of pyridine rings is 1. The van der Waals surface area contributed by atoms with Gasteiger partial charge in [0, 0.05) is 32.5 Å². The molecule has 8 heteroatoms. The van der Waals surface area contributed by atoms with E-state index in [1.54, 1.807) is 18.7 Å². The molecule has 0 radical (unpaired) electrons. The number of hydrogen-bond donors (Lipinski definition) is 1. The zero-order valence-corrected chi connectivity index (χ0v) is 16.1. The maximum absolute atomic E-state index is 6.01. The van der Waals surface area contributed by atoms with Gasteiger partial charge in [-0.2, -0.15) is 0 Å². The van der Waals surface area contributed by atoms with Crippen LogP contribution in [0, 0.1) is 0 Å². The lowest BCUT2D eigenvalue weighted by molar-refractivity contribution is 0.756. The van der Waals surface area contributed by atoms with Crippen molar-refractivity contribution in [2.75, 3.05) is 5.73 Å². The van der Waals surface area contributed by atoms with Crippen molar-refractivity contribution in [3.8, 4) is 22.9 Å². The molecule has 2 aliphatic heterocycles. The Hall–Kier alpha value is -2.32. The second-order valence-electron chi connectivity index (χ2n) is 5.42. The fourth-order valence-electron chi connectivity index (χ4n) is 2.55. The fourth-order valence-corrected chi connectivity index (χ4v) is 3.73. The molecule has 0 spiro atoms. The number of halogens is 2. The summed E-state index contributed by atoms with van der Waals surface area (Å²) >= 11 is 7.08. The van der Waals surface area contributed by atoms with Gasteiger partial charge in [0.15, 0.2) is 23.2 Å². The molecule has 0 saturated carbocycles. The van der Waals surface area contributed by atoms with E-state index in [1.165, 1.54) is 0 Å². The first-order valence-corrected chi connectivity index (χ1v) is 9.03. The van der Waals surface area contributed by atoms with E-state index in [-0.39, 0.29) is 0 Å². The van der Waals surface area contributed by atoms with Crippen molar-refractivity contribution >= 4 is 37.7 Å². The molecular formula is C17H12Br2N6. The molecule has 0 fully saturated rings. The molecule has 2 aliphatic rings. The van der Waals surface area contributed by atoms with Crippen LogP contribution in [0.25, 0.3) is 22.9 Å². The van der Waals surface area contributed by atoms with Crippen LogP contribution >= 0.6 is 31.9 Å². The number of benzene rings is 1. The first-order chi connectivity index (χ1) is 12.1. The van der Waals surface area contributed by atoms with E-state index < -0.39 is 0 Å². The molecule has 2 N–H and O–H groups in total. The molecular weight excluding hydrogens is 448 g/mol. The van der Waals surface area contributed by atoms with Crippen molar-refractivity contribution in [3.05, 3.63) is 63.6 Å². The van der Waals surface area contributed by atoms with Crippen molar-refractivity contribution in [2.24, 2.45) is 0 Å². The lowest BCUT2D eigenvalue weighted by Gasteiger charge is -2.13. The molecule has 3 heterocycles. The quantitative estimate of drug-likeness (QED) is 0.500. The minimum atomic E-state index is 0.369. The SMILES string of the molecule is Nc1ncn(Cc2c(Br)cncc2Br)c2nc(-c3ccccc3)nc1-2. The normalized spacial score (nSPS) is 11.1. The van der Waals surface area contributed by atoms with Crippen molar-refractivity contribution in [1.29, 1.82) is 0 Å². The zero-order chi connectivity index (χ0) is 17.4. The van der Waals surface area contributed by atoms with Crippen LogP contribution in [-0.4, -0.2) is 24.5 Å². The monoisotopic (exact) mass is 458 g/mol. The lowest BCUT2D eigenvalue weighted by Crippen LogP contribution is -2.10. The number of aromatic nitrogens is 5. The molecule has 1 aromatic heterocycles. The van der Waals surface area contributed by atoms with Gasteiger partial charge in [0.1, 0.15) is 0 Å². The van der Waals surface area contributed by atoms with E-state index >= 15 is 0 Å². The fraction of sp³-hybridized carbons (Fsp3) is 0.0588. The Morgan fingerprint density at radius 1 is 1.00 bits per heavy atom. The number of rotatable bonds is 3. The van der Waals surface area contributed by atoms with Crippen LogP contribution in [0.1, 0.15) is 5.56 Å². The average molecular weight is 460 g/mol. The highest BCUT2D eigenvalue weighted by Gasteiger charge is 2.20. The molecule has 4 rings (SSSR count). The second-order valence-corrected chi connectivity index (χ2v) is 7.13. The van der Waals surface area contributed by atoms with Crippen molar-refractivity contribution in [1.82, 2.24) is 24.5 Å². The van der Waals surface area contributed by atoms with Crippen LogP contribution in [0.2, 0.25) is 0 Å². The first kappa shape index (κ1) is 16.2. The third kappa shape index (κ3) is 3.03. The number of anilines is 1.